The molecule has 1 atom stereocenters. The van der Waals surface area contributed by atoms with Crippen LogP contribution in [-0.2, 0) is 11.0 Å². The summed E-state index contributed by atoms with van der Waals surface area (Å²) in [5, 5.41) is 20.1. The van der Waals surface area contributed by atoms with Gasteiger partial charge in [-0.1, -0.05) is 32.1 Å². The standard InChI is InChI=1S/C24H34N4O2Si/c1-15-20(10-11-21-22(15)26-27-28(21)19-8-9-19)23(29)17-12-18(16(2)25-13-17)14-30-31(6,7)24(3,4)5/h10-13,19,23,29H,8-9,14H2,1-7H3. The Labute approximate surface area is 185 Å². The molecule has 1 N–H and O–H groups in total. The van der Waals surface area contributed by atoms with Gasteiger partial charge in [-0.05, 0) is 73.6 Å². The van der Waals surface area contributed by atoms with E-state index in [1.807, 2.05) is 36.7 Å². The fraction of sp³-hybridized carbons (Fsp3) is 0.542. The van der Waals surface area contributed by atoms with Crippen LogP contribution in [0.25, 0.3) is 11.0 Å². The van der Waals surface area contributed by atoms with E-state index in [9.17, 15) is 5.11 Å². The van der Waals surface area contributed by atoms with Crippen LogP contribution in [0.5, 0.6) is 0 Å². The lowest BCUT2D eigenvalue weighted by atomic mass is 9.96. The minimum absolute atomic E-state index is 0.149. The number of aliphatic hydroxyl groups is 1. The Morgan fingerprint density at radius 1 is 1.23 bits per heavy atom. The van der Waals surface area contributed by atoms with Crippen molar-refractivity contribution in [3.63, 3.8) is 0 Å². The van der Waals surface area contributed by atoms with Crippen LogP contribution in [0.1, 0.15) is 73.7 Å². The summed E-state index contributed by atoms with van der Waals surface area (Å²) in [6.45, 7) is 15.7. The number of hydrogen-bond acceptors (Lipinski definition) is 5. The molecule has 4 rings (SSSR count). The Hall–Kier alpha value is -2.09. The number of aliphatic hydroxyl groups excluding tert-OH is 1. The van der Waals surface area contributed by atoms with Crippen molar-refractivity contribution in [3.05, 3.63) is 52.3 Å². The van der Waals surface area contributed by atoms with Crippen molar-refractivity contribution in [1.29, 1.82) is 0 Å². The summed E-state index contributed by atoms with van der Waals surface area (Å²) in [4.78, 5) is 4.56. The number of fused-ring (bicyclic) bond motifs is 1. The second-order valence-corrected chi connectivity index (χ2v) is 15.2. The molecule has 0 amide bonds. The van der Waals surface area contributed by atoms with Crippen LogP contribution in [0.2, 0.25) is 18.1 Å². The molecule has 0 bridgehead atoms. The molecule has 166 valence electrons. The highest BCUT2D eigenvalue weighted by Crippen LogP contribution is 2.39. The first-order valence-corrected chi connectivity index (χ1v) is 14.0. The average Bonchev–Trinajstić information content (AvgIpc) is 3.45. The molecule has 6 nitrogen and oxygen atoms in total. The topological polar surface area (TPSA) is 73.1 Å². The Balaban J connectivity index is 1.61. The summed E-state index contributed by atoms with van der Waals surface area (Å²) in [6, 6.07) is 6.54. The minimum Gasteiger partial charge on any atom is -0.412 e. The highest BCUT2D eigenvalue weighted by molar-refractivity contribution is 6.74. The molecule has 1 unspecified atom stereocenters. The van der Waals surface area contributed by atoms with E-state index in [-0.39, 0.29) is 5.04 Å². The van der Waals surface area contributed by atoms with Gasteiger partial charge >= 0.3 is 0 Å². The zero-order valence-electron chi connectivity index (χ0n) is 19.7. The van der Waals surface area contributed by atoms with Crippen molar-refractivity contribution in [2.24, 2.45) is 0 Å². The van der Waals surface area contributed by atoms with Gasteiger partial charge in [0, 0.05) is 17.5 Å². The lowest BCUT2D eigenvalue weighted by molar-refractivity contribution is 0.218. The molecule has 1 aliphatic carbocycles. The van der Waals surface area contributed by atoms with Crippen molar-refractivity contribution in [3.8, 4) is 0 Å². The molecule has 1 aliphatic rings. The fourth-order valence-electron chi connectivity index (χ4n) is 3.59. The van der Waals surface area contributed by atoms with E-state index in [2.05, 4.69) is 49.2 Å². The van der Waals surface area contributed by atoms with Crippen LogP contribution >= 0.6 is 0 Å². The SMILES string of the molecule is Cc1ncc(C(O)c2ccc3c(nnn3C3CC3)c2C)cc1CO[Si](C)(C)C(C)(C)C. The molecular weight excluding hydrogens is 404 g/mol. The van der Waals surface area contributed by atoms with Crippen LogP contribution < -0.4 is 0 Å². The van der Waals surface area contributed by atoms with Gasteiger partial charge in [-0.15, -0.1) is 5.10 Å². The summed E-state index contributed by atoms with van der Waals surface area (Å²) in [6.07, 6.45) is 3.32. The van der Waals surface area contributed by atoms with Crippen LogP contribution in [0.3, 0.4) is 0 Å². The number of rotatable bonds is 6. The van der Waals surface area contributed by atoms with E-state index in [0.29, 0.717) is 12.6 Å². The lowest BCUT2D eigenvalue weighted by Gasteiger charge is -2.36. The Morgan fingerprint density at radius 3 is 2.58 bits per heavy atom. The number of aryl methyl sites for hydroxylation is 2. The molecule has 0 spiro atoms. The monoisotopic (exact) mass is 438 g/mol. The normalized spacial score (nSPS) is 16.1. The molecule has 7 heteroatoms. The largest absolute Gasteiger partial charge is 0.412 e. The molecule has 1 fully saturated rings. The first-order valence-electron chi connectivity index (χ1n) is 11.1. The average molecular weight is 439 g/mol. The van der Waals surface area contributed by atoms with Gasteiger partial charge in [0.25, 0.3) is 0 Å². The van der Waals surface area contributed by atoms with Crippen molar-refractivity contribution >= 4 is 19.4 Å². The minimum atomic E-state index is -1.87. The van der Waals surface area contributed by atoms with Crippen molar-refractivity contribution < 1.29 is 9.53 Å². The van der Waals surface area contributed by atoms with E-state index in [0.717, 1.165) is 51.8 Å². The fourth-order valence-corrected chi connectivity index (χ4v) is 4.54. The first-order chi connectivity index (χ1) is 14.5. The molecule has 0 radical (unpaired) electrons. The smallest absolute Gasteiger partial charge is 0.192 e. The summed E-state index contributed by atoms with van der Waals surface area (Å²) >= 11 is 0. The highest BCUT2D eigenvalue weighted by atomic mass is 28.4. The van der Waals surface area contributed by atoms with Gasteiger partial charge in [0.2, 0.25) is 0 Å². The number of pyridine rings is 1. The number of benzene rings is 1. The van der Waals surface area contributed by atoms with Crippen LogP contribution in [0, 0.1) is 13.8 Å². The van der Waals surface area contributed by atoms with Gasteiger partial charge in [-0.2, -0.15) is 0 Å². The van der Waals surface area contributed by atoms with Gasteiger partial charge in [0.05, 0.1) is 18.2 Å². The first kappa shape index (κ1) is 22.1. The summed E-state index contributed by atoms with van der Waals surface area (Å²) in [7, 11) is -1.87. The number of aromatic nitrogens is 4. The maximum absolute atomic E-state index is 11.2. The Morgan fingerprint density at radius 2 is 1.94 bits per heavy atom. The van der Waals surface area contributed by atoms with E-state index in [1.54, 1.807) is 6.20 Å². The van der Waals surface area contributed by atoms with Gasteiger partial charge < -0.3 is 9.53 Å². The molecule has 0 aliphatic heterocycles. The predicted octanol–water partition coefficient (Wildman–Crippen LogP) is 5.38. The number of hydrogen-bond donors (Lipinski definition) is 1. The maximum atomic E-state index is 11.2. The van der Waals surface area contributed by atoms with E-state index in [4.69, 9.17) is 4.43 Å². The van der Waals surface area contributed by atoms with Gasteiger partial charge in [0.1, 0.15) is 11.6 Å². The molecule has 1 saturated carbocycles. The zero-order chi connectivity index (χ0) is 22.6. The van der Waals surface area contributed by atoms with E-state index in [1.165, 1.54) is 0 Å². The summed E-state index contributed by atoms with van der Waals surface area (Å²) < 4.78 is 8.43. The van der Waals surface area contributed by atoms with Gasteiger partial charge in [-0.25, -0.2) is 4.68 Å². The second kappa shape index (κ2) is 7.80. The Bertz CT molecular complexity index is 1110. The number of nitrogens with zero attached hydrogens (tertiary/aromatic N) is 4. The van der Waals surface area contributed by atoms with E-state index < -0.39 is 14.4 Å². The molecule has 0 saturated heterocycles. The second-order valence-electron chi connectivity index (χ2n) is 10.4. The van der Waals surface area contributed by atoms with Crippen LogP contribution in [0.4, 0.5) is 0 Å². The molecule has 31 heavy (non-hydrogen) atoms. The molecule has 1 aromatic carbocycles. The highest BCUT2D eigenvalue weighted by Gasteiger charge is 2.37. The van der Waals surface area contributed by atoms with Gasteiger partial charge in [0.15, 0.2) is 8.32 Å². The third-order valence-electron chi connectivity index (χ3n) is 7.05. The Kier molecular flexibility index (Phi) is 5.56. The van der Waals surface area contributed by atoms with Crippen molar-refractivity contribution in [2.75, 3.05) is 0 Å². The maximum Gasteiger partial charge on any atom is 0.192 e. The van der Waals surface area contributed by atoms with Crippen LogP contribution in [0.15, 0.2) is 24.4 Å². The summed E-state index contributed by atoms with van der Waals surface area (Å²) in [5.41, 5.74) is 6.46. The third kappa shape index (κ3) is 4.18. The third-order valence-corrected chi connectivity index (χ3v) is 11.5. The molecule has 2 heterocycles. The van der Waals surface area contributed by atoms with Gasteiger partial charge in [-0.3, -0.25) is 4.98 Å². The van der Waals surface area contributed by atoms with E-state index >= 15 is 0 Å². The summed E-state index contributed by atoms with van der Waals surface area (Å²) in [5.74, 6) is 0. The van der Waals surface area contributed by atoms with Crippen LogP contribution in [-0.4, -0.2) is 33.4 Å². The molecular formula is C24H34N4O2Si. The molecule has 2 aromatic heterocycles. The quantitative estimate of drug-likeness (QED) is 0.523. The zero-order valence-corrected chi connectivity index (χ0v) is 20.7. The molecule has 3 aromatic rings. The predicted molar refractivity (Wildman–Crippen MR) is 126 cm³/mol. The van der Waals surface area contributed by atoms with Crippen molar-refractivity contribution in [2.45, 2.75) is 84.3 Å². The van der Waals surface area contributed by atoms with Crippen molar-refractivity contribution in [1.82, 2.24) is 20.0 Å². The lowest BCUT2D eigenvalue weighted by Crippen LogP contribution is -2.40.